The van der Waals surface area contributed by atoms with Crippen molar-refractivity contribution in [2.45, 2.75) is 45.3 Å². The molecule has 20 heavy (non-hydrogen) atoms. The molecule has 0 spiro atoms. The summed E-state index contributed by atoms with van der Waals surface area (Å²) in [4.78, 5) is 0. The van der Waals surface area contributed by atoms with Crippen LogP contribution in [0.15, 0.2) is 30.3 Å². The zero-order valence-electron chi connectivity index (χ0n) is 12.5. The number of hydrogen-bond acceptors (Lipinski definition) is 3. The van der Waals surface area contributed by atoms with Crippen molar-refractivity contribution < 1.29 is 14.6 Å². The van der Waals surface area contributed by atoms with Crippen LogP contribution in [0.5, 0.6) is 5.75 Å². The summed E-state index contributed by atoms with van der Waals surface area (Å²) in [7, 11) is 0. The van der Waals surface area contributed by atoms with Gasteiger partial charge in [0.05, 0.1) is 18.8 Å². The molecule has 3 nitrogen and oxygen atoms in total. The fourth-order valence-electron chi connectivity index (χ4n) is 2.80. The summed E-state index contributed by atoms with van der Waals surface area (Å²) in [5.41, 5.74) is 0. The number of aliphatic hydroxyl groups excluding tert-OH is 1. The maximum absolute atomic E-state index is 10.0. The largest absolute Gasteiger partial charge is 0.491 e. The Bertz CT molecular complexity index is 377. The fraction of sp³-hybridized carbons (Fsp3) is 0.647. The fourth-order valence-corrected chi connectivity index (χ4v) is 2.80. The molecule has 1 fully saturated rings. The first-order valence-electron chi connectivity index (χ1n) is 7.64. The summed E-state index contributed by atoms with van der Waals surface area (Å²) < 4.78 is 11.4. The normalized spacial score (nSPS) is 26.7. The van der Waals surface area contributed by atoms with E-state index in [-0.39, 0.29) is 12.2 Å². The van der Waals surface area contributed by atoms with Crippen LogP contribution < -0.4 is 4.74 Å². The zero-order chi connectivity index (χ0) is 14.4. The standard InChI is InChI=1S/C17H26O3/c1-13(2)14-8-9-16(18)17(12-14)20-11-10-19-15-6-4-3-5-7-15/h3-7,13-14,16-18H,8-12H2,1-2H3. The van der Waals surface area contributed by atoms with Crippen LogP contribution in [0.4, 0.5) is 0 Å². The molecule has 3 unspecified atom stereocenters. The van der Waals surface area contributed by atoms with Crippen molar-refractivity contribution in [1.29, 1.82) is 0 Å². The third-order valence-corrected chi connectivity index (χ3v) is 4.17. The van der Waals surface area contributed by atoms with E-state index in [9.17, 15) is 5.11 Å². The van der Waals surface area contributed by atoms with Crippen molar-refractivity contribution in [3.63, 3.8) is 0 Å². The number of para-hydroxylation sites is 1. The molecule has 3 heteroatoms. The van der Waals surface area contributed by atoms with E-state index in [0.29, 0.717) is 25.0 Å². The van der Waals surface area contributed by atoms with Gasteiger partial charge in [-0.3, -0.25) is 0 Å². The molecule has 0 amide bonds. The molecule has 1 aliphatic carbocycles. The van der Waals surface area contributed by atoms with E-state index in [4.69, 9.17) is 9.47 Å². The minimum absolute atomic E-state index is 0.0319. The monoisotopic (exact) mass is 278 g/mol. The van der Waals surface area contributed by atoms with Crippen LogP contribution in [-0.4, -0.2) is 30.5 Å². The second-order valence-electron chi connectivity index (χ2n) is 5.96. The lowest BCUT2D eigenvalue weighted by molar-refractivity contribution is -0.0813. The summed E-state index contributed by atoms with van der Waals surface area (Å²) in [6, 6.07) is 9.74. The molecule has 0 bridgehead atoms. The quantitative estimate of drug-likeness (QED) is 0.812. The minimum Gasteiger partial charge on any atom is -0.491 e. The van der Waals surface area contributed by atoms with Gasteiger partial charge < -0.3 is 14.6 Å². The molecule has 1 aromatic carbocycles. The molecule has 0 aromatic heterocycles. The number of hydrogen-bond donors (Lipinski definition) is 1. The van der Waals surface area contributed by atoms with Gasteiger partial charge in [0.15, 0.2) is 0 Å². The van der Waals surface area contributed by atoms with Gasteiger partial charge in [-0.15, -0.1) is 0 Å². The van der Waals surface area contributed by atoms with Crippen LogP contribution in [0, 0.1) is 11.8 Å². The van der Waals surface area contributed by atoms with E-state index < -0.39 is 0 Å². The highest BCUT2D eigenvalue weighted by Crippen LogP contribution is 2.31. The van der Waals surface area contributed by atoms with Crippen molar-refractivity contribution in [3.8, 4) is 5.75 Å². The molecule has 1 saturated carbocycles. The van der Waals surface area contributed by atoms with Crippen molar-refractivity contribution in [3.05, 3.63) is 30.3 Å². The Labute approximate surface area is 121 Å². The van der Waals surface area contributed by atoms with Crippen LogP contribution in [0.1, 0.15) is 33.1 Å². The van der Waals surface area contributed by atoms with Crippen LogP contribution >= 0.6 is 0 Å². The first-order valence-corrected chi connectivity index (χ1v) is 7.64. The van der Waals surface area contributed by atoms with E-state index in [1.165, 1.54) is 0 Å². The smallest absolute Gasteiger partial charge is 0.119 e. The van der Waals surface area contributed by atoms with E-state index in [2.05, 4.69) is 13.8 Å². The summed E-state index contributed by atoms with van der Waals surface area (Å²) >= 11 is 0. The van der Waals surface area contributed by atoms with Crippen molar-refractivity contribution in [2.75, 3.05) is 13.2 Å². The number of benzene rings is 1. The van der Waals surface area contributed by atoms with Crippen LogP contribution in [0.3, 0.4) is 0 Å². The number of rotatable bonds is 6. The van der Waals surface area contributed by atoms with E-state index >= 15 is 0 Å². The van der Waals surface area contributed by atoms with Gasteiger partial charge in [0.2, 0.25) is 0 Å². The second kappa shape index (κ2) is 7.65. The lowest BCUT2D eigenvalue weighted by atomic mass is 9.79. The Morgan fingerprint density at radius 3 is 2.60 bits per heavy atom. The molecule has 0 heterocycles. The van der Waals surface area contributed by atoms with E-state index in [1.807, 2.05) is 30.3 Å². The molecular weight excluding hydrogens is 252 g/mol. The maximum atomic E-state index is 10.0. The average Bonchev–Trinajstić information content (AvgIpc) is 2.46. The Balaban J connectivity index is 1.70. The van der Waals surface area contributed by atoms with Gasteiger partial charge >= 0.3 is 0 Å². The molecular formula is C17H26O3. The van der Waals surface area contributed by atoms with Crippen molar-refractivity contribution >= 4 is 0 Å². The molecule has 2 rings (SSSR count). The predicted octanol–water partition coefficient (Wildman–Crippen LogP) is 3.27. The highest BCUT2D eigenvalue weighted by molar-refractivity contribution is 5.20. The van der Waals surface area contributed by atoms with Crippen molar-refractivity contribution in [1.82, 2.24) is 0 Å². The Morgan fingerprint density at radius 2 is 1.90 bits per heavy atom. The van der Waals surface area contributed by atoms with Crippen LogP contribution in [0.25, 0.3) is 0 Å². The van der Waals surface area contributed by atoms with Crippen molar-refractivity contribution in [2.24, 2.45) is 11.8 Å². The molecule has 1 N–H and O–H groups in total. The lowest BCUT2D eigenvalue weighted by Gasteiger charge is -2.35. The SMILES string of the molecule is CC(C)C1CCC(O)C(OCCOc2ccccc2)C1. The van der Waals surface area contributed by atoms with Gasteiger partial charge in [-0.1, -0.05) is 32.0 Å². The lowest BCUT2D eigenvalue weighted by Crippen LogP contribution is -2.38. The number of ether oxygens (including phenoxy) is 2. The zero-order valence-corrected chi connectivity index (χ0v) is 12.5. The Morgan fingerprint density at radius 1 is 1.15 bits per heavy atom. The minimum atomic E-state index is -0.318. The molecule has 0 saturated heterocycles. The topological polar surface area (TPSA) is 38.7 Å². The molecule has 0 aliphatic heterocycles. The van der Waals surface area contributed by atoms with Gasteiger partial charge in [0.1, 0.15) is 12.4 Å². The molecule has 1 aromatic rings. The van der Waals surface area contributed by atoms with E-state index in [0.717, 1.165) is 25.0 Å². The Hall–Kier alpha value is -1.06. The maximum Gasteiger partial charge on any atom is 0.119 e. The highest BCUT2D eigenvalue weighted by Gasteiger charge is 2.31. The van der Waals surface area contributed by atoms with Gasteiger partial charge in [0, 0.05) is 0 Å². The van der Waals surface area contributed by atoms with E-state index in [1.54, 1.807) is 0 Å². The van der Waals surface area contributed by atoms with Gasteiger partial charge in [-0.25, -0.2) is 0 Å². The van der Waals surface area contributed by atoms with Crippen LogP contribution in [0.2, 0.25) is 0 Å². The molecule has 3 atom stereocenters. The first kappa shape index (κ1) is 15.3. The summed E-state index contributed by atoms with van der Waals surface area (Å²) in [5.74, 6) is 2.19. The summed E-state index contributed by atoms with van der Waals surface area (Å²) in [6.45, 7) is 5.55. The molecule has 1 aliphatic rings. The second-order valence-corrected chi connectivity index (χ2v) is 5.96. The summed E-state index contributed by atoms with van der Waals surface area (Å²) in [5, 5.41) is 10.0. The average molecular weight is 278 g/mol. The van der Waals surface area contributed by atoms with Gasteiger partial charge in [-0.05, 0) is 43.2 Å². The van der Waals surface area contributed by atoms with Gasteiger partial charge in [-0.2, -0.15) is 0 Å². The molecule has 0 radical (unpaired) electrons. The predicted molar refractivity (Wildman–Crippen MR) is 79.9 cm³/mol. The third kappa shape index (κ3) is 4.50. The Kier molecular flexibility index (Phi) is 5.86. The van der Waals surface area contributed by atoms with Gasteiger partial charge in [0.25, 0.3) is 0 Å². The molecule has 112 valence electrons. The highest BCUT2D eigenvalue weighted by atomic mass is 16.5. The first-order chi connectivity index (χ1) is 9.66. The third-order valence-electron chi connectivity index (χ3n) is 4.17. The number of aliphatic hydroxyl groups is 1. The summed E-state index contributed by atoms with van der Waals surface area (Å²) in [6.07, 6.45) is 2.58. The van der Waals surface area contributed by atoms with Crippen LogP contribution in [-0.2, 0) is 4.74 Å².